The fraction of sp³-hybridized carbons (Fsp3) is 0.182. The predicted octanol–water partition coefficient (Wildman–Crippen LogP) is 3.57. The Kier molecular flexibility index (Phi) is 4.09. The molecule has 0 unspecified atom stereocenters. The van der Waals surface area contributed by atoms with Crippen LogP contribution >= 0.6 is 0 Å². The van der Waals surface area contributed by atoms with E-state index in [9.17, 15) is 4.79 Å². The summed E-state index contributed by atoms with van der Waals surface area (Å²) in [6.07, 6.45) is 2.79. The smallest absolute Gasteiger partial charge is 0.251 e. The number of nitrogens with zero attached hydrogens (tertiary/aromatic N) is 2. The van der Waals surface area contributed by atoms with Crippen LogP contribution in [-0.4, -0.2) is 40.2 Å². The molecular formula is C22H21N5O. The number of fused-ring (bicyclic) bond motifs is 1. The summed E-state index contributed by atoms with van der Waals surface area (Å²) in [6, 6.07) is 20.1. The van der Waals surface area contributed by atoms with Gasteiger partial charge >= 0.3 is 0 Å². The van der Waals surface area contributed by atoms with E-state index in [1.807, 2.05) is 48.7 Å². The molecule has 140 valence electrons. The van der Waals surface area contributed by atoms with Crippen LogP contribution in [0.4, 0.5) is 5.82 Å². The molecule has 1 saturated heterocycles. The third-order valence-electron chi connectivity index (χ3n) is 5.31. The molecule has 1 amide bonds. The van der Waals surface area contributed by atoms with Gasteiger partial charge in [0.05, 0.1) is 5.69 Å². The summed E-state index contributed by atoms with van der Waals surface area (Å²) in [5, 5.41) is 11.8. The largest absolute Gasteiger partial charge is 0.361 e. The van der Waals surface area contributed by atoms with E-state index in [1.54, 1.807) is 0 Å². The fourth-order valence-corrected chi connectivity index (χ4v) is 3.78. The maximum Gasteiger partial charge on any atom is 0.251 e. The summed E-state index contributed by atoms with van der Waals surface area (Å²) in [6.45, 7) is 1.63. The van der Waals surface area contributed by atoms with Crippen molar-refractivity contribution in [2.45, 2.75) is 12.5 Å². The van der Waals surface area contributed by atoms with Gasteiger partial charge in [0.25, 0.3) is 5.91 Å². The molecule has 28 heavy (non-hydrogen) atoms. The molecule has 1 aliphatic rings. The molecule has 3 heterocycles. The molecule has 1 atom stereocenters. The van der Waals surface area contributed by atoms with Crippen LogP contribution in [0, 0.1) is 0 Å². The molecule has 0 aliphatic carbocycles. The van der Waals surface area contributed by atoms with Crippen molar-refractivity contribution in [3.63, 3.8) is 0 Å². The number of benzene rings is 2. The van der Waals surface area contributed by atoms with Crippen LogP contribution in [0.1, 0.15) is 16.8 Å². The van der Waals surface area contributed by atoms with Crippen LogP contribution in [0.15, 0.2) is 66.9 Å². The topological polar surface area (TPSA) is 76.8 Å². The molecular weight excluding hydrogens is 350 g/mol. The monoisotopic (exact) mass is 371 g/mol. The molecule has 6 nitrogen and oxygen atoms in total. The van der Waals surface area contributed by atoms with Crippen molar-refractivity contribution in [1.29, 1.82) is 0 Å². The minimum atomic E-state index is -0.0321. The average molecular weight is 371 g/mol. The van der Waals surface area contributed by atoms with Crippen LogP contribution in [0.5, 0.6) is 0 Å². The maximum absolute atomic E-state index is 12.6. The number of aromatic nitrogens is 3. The van der Waals surface area contributed by atoms with E-state index in [2.05, 4.69) is 43.6 Å². The van der Waals surface area contributed by atoms with Crippen LogP contribution in [0.2, 0.25) is 0 Å². The molecule has 0 radical (unpaired) electrons. The normalized spacial score (nSPS) is 16.6. The lowest BCUT2D eigenvalue weighted by atomic mass is 10.1. The van der Waals surface area contributed by atoms with Gasteiger partial charge in [-0.2, -0.15) is 5.10 Å². The molecule has 2 aromatic carbocycles. The van der Waals surface area contributed by atoms with Gasteiger partial charge in [-0.15, -0.1) is 0 Å². The molecule has 5 rings (SSSR count). The highest BCUT2D eigenvalue weighted by molar-refractivity contribution is 5.98. The number of H-pyrrole nitrogens is 2. The summed E-state index contributed by atoms with van der Waals surface area (Å²) in [4.78, 5) is 18.0. The first-order chi connectivity index (χ1) is 13.8. The van der Waals surface area contributed by atoms with Gasteiger partial charge in [0.2, 0.25) is 0 Å². The first kappa shape index (κ1) is 16.6. The number of carbonyl (C=O) groups excluding carboxylic acids is 1. The highest BCUT2D eigenvalue weighted by Crippen LogP contribution is 2.24. The van der Waals surface area contributed by atoms with Gasteiger partial charge in [0.1, 0.15) is 0 Å². The van der Waals surface area contributed by atoms with Crippen molar-refractivity contribution < 1.29 is 4.79 Å². The Morgan fingerprint density at radius 1 is 1.11 bits per heavy atom. The predicted molar refractivity (Wildman–Crippen MR) is 110 cm³/mol. The molecule has 1 fully saturated rings. The summed E-state index contributed by atoms with van der Waals surface area (Å²) in [5.41, 5.74) is 3.78. The highest BCUT2D eigenvalue weighted by atomic mass is 16.1. The minimum Gasteiger partial charge on any atom is -0.361 e. The van der Waals surface area contributed by atoms with Crippen molar-refractivity contribution in [2.24, 2.45) is 0 Å². The lowest BCUT2D eigenvalue weighted by molar-refractivity contribution is 0.0940. The van der Waals surface area contributed by atoms with Gasteiger partial charge in [0, 0.05) is 42.5 Å². The number of carbonyl (C=O) groups is 1. The van der Waals surface area contributed by atoms with Crippen molar-refractivity contribution in [3.05, 3.63) is 72.4 Å². The summed E-state index contributed by atoms with van der Waals surface area (Å²) in [5.74, 6) is 0.888. The number of nitrogens with one attached hydrogen (secondary N) is 3. The summed E-state index contributed by atoms with van der Waals surface area (Å²) < 4.78 is 0. The van der Waals surface area contributed by atoms with Gasteiger partial charge < -0.3 is 15.2 Å². The van der Waals surface area contributed by atoms with Crippen LogP contribution in [0.3, 0.4) is 0 Å². The number of hydrogen-bond acceptors (Lipinski definition) is 3. The van der Waals surface area contributed by atoms with E-state index in [-0.39, 0.29) is 11.9 Å². The van der Waals surface area contributed by atoms with Gasteiger partial charge in [0.15, 0.2) is 5.82 Å². The standard InChI is InChI=1S/C22H21N5O/c28-22(17-7-6-16-8-10-23-19(16)12-17)24-18-9-11-27(14-18)21-13-20(25-26-21)15-4-2-1-3-5-15/h1-8,10,12-13,18,23H,9,11,14H2,(H,24,28)(H,25,26)/t18-/m1/s1. The average Bonchev–Trinajstić information content (AvgIpc) is 3.48. The lowest BCUT2D eigenvalue weighted by Crippen LogP contribution is -2.37. The van der Waals surface area contributed by atoms with Gasteiger partial charge in [-0.1, -0.05) is 36.4 Å². The zero-order chi connectivity index (χ0) is 18.9. The van der Waals surface area contributed by atoms with Gasteiger partial charge in [-0.3, -0.25) is 9.89 Å². The van der Waals surface area contributed by atoms with E-state index < -0.39 is 0 Å². The van der Waals surface area contributed by atoms with Gasteiger partial charge in [-0.25, -0.2) is 0 Å². The lowest BCUT2D eigenvalue weighted by Gasteiger charge is -2.16. The second-order valence-electron chi connectivity index (χ2n) is 7.19. The van der Waals surface area contributed by atoms with Crippen molar-refractivity contribution >= 4 is 22.6 Å². The highest BCUT2D eigenvalue weighted by Gasteiger charge is 2.26. The van der Waals surface area contributed by atoms with Crippen molar-refractivity contribution in [2.75, 3.05) is 18.0 Å². The quantitative estimate of drug-likeness (QED) is 0.513. The third-order valence-corrected chi connectivity index (χ3v) is 5.31. The number of rotatable bonds is 4. The number of aromatic amines is 2. The van der Waals surface area contributed by atoms with Crippen LogP contribution in [-0.2, 0) is 0 Å². The molecule has 6 heteroatoms. The van der Waals surface area contributed by atoms with Crippen molar-refractivity contribution in [3.8, 4) is 11.3 Å². The second kappa shape index (κ2) is 6.88. The number of amides is 1. The van der Waals surface area contributed by atoms with E-state index in [1.165, 1.54) is 0 Å². The third kappa shape index (κ3) is 3.13. The van der Waals surface area contributed by atoms with Gasteiger partial charge in [-0.05, 0) is 35.6 Å². The SMILES string of the molecule is O=C(N[C@@H]1CCN(c2cc(-c3ccccc3)[nH]n2)C1)c1ccc2cc[nH]c2c1. The van der Waals surface area contributed by atoms with E-state index in [0.29, 0.717) is 5.56 Å². The Hall–Kier alpha value is -3.54. The first-order valence-corrected chi connectivity index (χ1v) is 9.50. The molecule has 4 aromatic rings. The Labute approximate surface area is 162 Å². The maximum atomic E-state index is 12.6. The van der Waals surface area contributed by atoms with Crippen molar-refractivity contribution in [1.82, 2.24) is 20.5 Å². The first-order valence-electron chi connectivity index (χ1n) is 9.50. The summed E-state index contributed by atoms with van der Waals surface area (Å²) in [7, 11) is 0. The van der Waals surface area contributed by atoms with Crippen LogP contribution < -0.4 is 10.2 Å². The number of anilines is 1. The molecule has 0 saturated carbocycles. The zero-order valence-electron chi connectivity index (χ0n) is 15.4. The van der Waals surface area contributed by atoms with E-state index >= 15 is 0 Å². The Morgan fingerprint density at radius 3 is 2.89 bits per heavy atom. The second-order valence-corrected chi connectivity index (χ2v) is 7.19. The number of hydrogen-bond donors (Lipinski definition) is 3. The zero-order valence-corrected chi connectivity index (χ0v) is 15.4. The van der Waals surface area contributed by atoms with E-state index in [4.69, 9.17) is 0 Å². The fourth-order valence-electron chi connectivity index (χ4n) is 3.78. The molecule has 3 N–H and O–H groups in total. The molecule has 0 spiro atoms. The summed E-state index contributed by atoms with van der Waals surface area (Å²) >= 11 is 0. The molecule has 1 aliphatic heterocycles. The molecule has 2 aromatic heterocycles. The minimum absolute atomic E-state index is 0.0321. The Morgan fingerprint density at radius 2 is 2.00 bits per heavy atom. The Balaban J connectivity index is 1.24. The Bertz CT molecular complexity index is 1110. The molecule has 0 bridgehead atoms. The van der Waals surface area contributed by atoms with Crippen LogP contribution in [0.25, 0.3) is 22.2 Å². The van der Waals surface area contributed by atoms with E-state index in [0.717, 1.165) is 47.5 Å².